The molecule has 5 heteroatoms. The van der Waals surface area contributed by atoms with Crippen molar-refractivity contribution < 1.29 is 9.18 Å². The van der Waals surface area contributed by atoms with Crippen LogP contribution in [0.4, 0.5) is 10.1 Å². The molecule has 0 saturated carbocycles. The van der Waals surface area contributed by atoms with E-state index in [0.717, 1.165) is 5.56 Å². The third kappa shape index (κ3) is 3.41. The van der Waals surface area contributed by atoms with Crippen LogP contribution in [0.1, 0.15) is 5.56 Å². The van der Waals surface area contributed by atoms with Gasteiger partial charge in [-0.25, -0.2) is 4.39 Å². The van der Waals surface area contributed by atoms with Gasteiger partial charge in [0.15, 0.2) is 4.32 Å². The maximum Gasteiger partial charge on any atom is 0.270 e. The molecule has 1 saturated heterocycles. The SMILES string of the molecule is O=C1C(=CC=Cc2ccccc2)SC(=S)N1c1ccccc1F. The summed E-state index contributed by atoms with van der Waals surface area (Å²) in [5.74, 6) is -0.771. The fourth-order valence-corrected chi connectivity index (χ4v) is 3.37. The Hall–Kier alpha value is -2.24. The third-order valence-corrected chi connectivity index (χ3v) is 4.54. The van der Waals surface area contributed by atoms with Gasteiger partial charge in [0.2, 0.25) is 0 Å². The van der Waals surface area contributed by atoms with Crippen molar-refractivity contribution in [3.63, 3.8) is 0 Å². The average molecular weight is 341 g/mol. The van der Waals surface area contributed by atoms with Gasteiger partial charge in [-0.2, -0.15) is 0 Å². The molecule has 1 aliphatic heterocycles. The summed E-state index contributed by atoms with van der Waals surface area (Å²) < 4.78 is 14.2. The molecule has 0 aliphatic carbocycles. The van der Waals surface area contributed by atoms with Crippen LogP contribution < -0.4 is 4.90 Å². The van der Waals surface area contributed by atoms with Crippen LogP contribution in [0, 0.1) is 5.82 Å². The van der Waals surface area contributed by atoms with Crippen LogP contribution in [0.2, 0.25) is 0 Å². The van der Waals surface area contributed by atoms with Crippen LogP contribution in [0.3, 0.4) is 0 Å². The zero-order valence-electron chi connectivity index (χ0n) is 12.0. The highest BCUT2D eigenvalue weighted by molar-refractivity contribution is 8.27. The number of hydrogen-bond donors (Lipinski definition) is 0. The highest BCUT2D eigenvalue weighted by Gasteiger charge is 2.34. The van der Waals surface area contributed by atoms with E-state index in [9.17, 15) is 9.18 Å². The van der Waals surface area contributed by atoms with E-state index in [1.807, 2.05) is 36.4 Å². The fraction of sp³-hybridized carbons (Fsp3) is 0. The number of carbonyl (C=O) groups is 1. The van der Waals surface area contributed by atoms with Crippen molar-refractivity contribution in [2.45, 2.75) is 0 Å². The molecule has 3 rings (SSSR count). The number of thiocarbonyl (C=S) groups is 1. The van der Waals surface area contributed by atoms with Crippen LogP contribution in [0.15, 0.2) is 71.7 Å². The Labute approximate surface area is 143 Å². The van der Waals surface area contributed by atoms with Gasteiger partial charge in [0.25, 0.3) is 5.91 Å². The van der Waals surface area contributed by atoms with E-state index in [1.54, 1.807) is 30.4 Å². The molecular weight excluding hydrogens is 329 g/mol. The van der Waals surface area contributed by atoms with Crippen molar-refractivity contribution in [1.82, 2.24) is 0 Å². The van der Waals surface area contributed by atoms with Gasteiger partial charge in [-0.1, -0.05) is 78.6 Å². The van der Waals surface area contributed by atoms with Crippen molar-refractivity contribution in [1.29, 1.82) is 0 Å². The first-order valence-electron chi connectivity index (χ1n) is 6.91. The summed E-state index contributed by atoms with van der Waals surface area (Å²) in [5.41, 5.74) is 1.22. The molecule has 0 N–H and O–H groups in total. The van der Waals surface area contributed by atoms with Crippen LogP contribution in [0.5, 0.6) is 0 Å². The number of anilines is 1. The van der Waals surface area contributed by atoms with Gasteiger partial charge in [0, 0.05) is 0 Å². The minimum Gasteiger partial charge on any atom is -0.268 e. The molecule has 23 heavy (non-hydrogen) atoms. The third-order valence-electron chi connectivity index (χ3n) is 3.22. The first-order valence-corrected chi connectivity index (χ1v) is 8.13. The first kappa shape index (κ1) is 15.6. The summed E-state index contributed by atoms with van der Waals surface area (Å²) in [6.07, 6.45) is 5.39. The molecular formula is C18H12FNOS2. The molecule has 1 fully saturated rings. The second kappa shape index (κ2) is 6.89. The van der Waals surface area contributed by atoms with Gasteiger partial charge in [0.05, 0.1) is 10.6 Å². The largest absolute Gasteiger partial charge is 0.270 e. The van der Waals surface area contributed by atoms with E-state index in [-0.39, 0.29) is 11.6 Å². The first-order chi connectivity index (χ1) is 11.2. The minimum absolute atomic E-state index is 0.186. The molecule has 0 spiro atoms. The van der Waals surface area contributed by atoms with Crippen LogP contribution in [-0.2, 0) is 4.79 Å². The molecule has 0 bridgehead atoms. The quantitative estimate of drug-likeness (QED) is 0.591. The van der Waals surface area contributed by atoms with Crippen molar-refractivity contribution in [2.24, 2.45) is 0 Å². The number of carbonyl (C=O) groups excluding carboxylic acids is 1. The maximum atomic E-state index is 13.9. The molecule has 2 aromatic rings. The Balaban J connectivity index is 1.83. The van der Waals surface area contributed by atoms with Gasteiger partial charge in [-0.15, -0.1) is 0 Å². The van der Waals surface area contributed by atoms with E-state index >= 15 is 0 Å². The summed E-state index contributed by atoms with van der Waals surface area (Å²) >= 11 is 6.39. The lowest BCUT2D eigenvalue weighted by Crippen LogP contribution is -2.28. The van der Waals surface area contributed by atoms with Crippen molar-refractivity contribution in [3.05, 3.63) is 83.0 Å². The monoisotopic (exact) mass is 341 g/mol. The molecule has 0 atom stereocenters. The summed E-state index contributed by atoms with van der Waals surface area (Å²) in [6, 6.07) is 15.9. The molecule has 0 aromatic heterocycles. The van der Waals surface area contributed by atoms with Crippen molar-refractivity contribution in [3.8, 4) is 0 Å². The van der Waals surface area contributed by atoms with Crippen molar-refractivity contribution in [2.75, 3.05) is 4.90 Å². The molecule has 0 unspecified atom stereocenters. The molecule has 2 nitrogen and oxygen atoms in total. The number of halogens is 1. The number of nitrogens with zero attached hydrogens (tertiary/aromatic N) is 1. The minimum atomic E-state index is -0.468. The van der Waals surface area contributed by atoms with Gasteiger partial charge >= 0.3 is 0 Å². The second-order valence-electron chi connectivity index (χ2n) is 4.76. The highest BCUT2D eigenvalue weighted by atomic mass is 32.2. The molecule has 2 aromatic carbocycles. The van der Waals surface area contributed by atoms with Crippen molar-refractivity contribution >= 4 is 46.0 Å². The standard InChI is InChI=1S/C18H12FNOS2/c19-14-10-4-5-11-15(14)20-17(21)16(23-18(20)22)12-6-9-13-7-2-1-3-8-13/h1-12H. The molecule has 1 amide bonds. The fourth-order valence-electron chi connectivity index (χ4n) is 2.13. The zero-order chi connectivity index (χ0) is 16.2. The number of benzene rings is 2. The van der Waals surface area contributed by atoms with E-state index in [4.69, 9.17) is 12.2 Å². The average Bonchev–Trinajstić information content (AvgIpc) is 2.83. The van der Waals surface area contributed by atoms with Gasteiger partial charge in [0.1, 0.15) is 5.82 Å². The number of hydrogen-bond acceptors (Lipinski definition) is 3. The van der Waals surface area contributed by atoms with E-state index in [2.05, 4.69) is 0 Å². The van der Waals surface area contributed by atoms with Gasteiger partial charge in [-0.05, 0) is 23.8 Å². The van der Waals surface area contributed by atoms with Gasteiger partial charge < -0.3 is 0 Å². The normalized spacial score (nSPS) is 16.7. The van der Waals surface area contributed by atoms with Crippen LogP contribution >= 0.6 is 24.0 Å². The highest BCUT2D eigenvalue weighted by Crippen LogP contribution is 2.35. The molecule has 114 valence electrons. The van der Waals surface area contributed by atoms with E-state index < -0.39 is 5.82 Å². The predicted molar refractivity (Wildman–Crippen MR) is 97.6 cm³/mol. The van der Waals surface area contributed by atoms with Gasteiger partial charge in [-0.3, -0.25) is 9.69 Å². The Bertz CT molecular complexity index is 815. The summed E-state index contributed by atoms with van der Waals surface area (Å²) in [7, 11) is 0. The van der Waals surface area contributed by atoms with E-state index in [1.165, 1.54) is 22.7 Å². The number of amides is 1. The Morgan fingerprint density at radius 1 is 1.04 bits per heavy atom. The number of rotatable bonds is 3. The predicted octanol–water partition coefficient (Wildman–Crippen LogP) is 4.79. The van der Waals surface area contributed by atoms with Crippen LogP contribution in [-0.4, -0.2) is 10.2 Å². The molecule has 1 aliphatic rings. The summed E-state index contributed by atoms with van der Waals surface area (Å²) in [5, 5.41) is 0. The second-order valence-corrected chi connectivity index (χ2v) is 6.44. The lowest BCUT2D eigenvalue weighted by atomic mass is 10.2. The maximum absolute atomic E-state index is 13.9. The lowest BCUT2D eigenvalue weighted by Gasteiger charge is -2.14. The number of allylic oxidation sites excluding steroid dienone is 2. The topological polar surface area (TPSA) is 20.3 Å². The zero-order valence-corrected chi connectivity index (χ0v) is 13.6. The summed E-state index contributed by atoms with van der Waals surface area (Å²) in [4.78, 5) is 14.2. The van der Waals surface area contributed by atoms with E-state index in [0.29, 0.717) is 9.23 Å². The van der Waals surface area contributed by atoms with Crippen LogP contribution in [0.25, 0.3) is 6.08 Å². The Kier molecular flexibility index (Phi) is 4.69. The Morgan fingerprint density at radius 2 is 1.74 bits per heavy atom. The number of para-hydroxylation sites is 1. The summed E-state index contributed by atoms with van der Waals surface area (Å²) in [6.45, 7) is 0. The Morgan fingerprint density at radius 3 is 2.48 bits per heavy atom. The lowest BCUT2D eigenvalue weighted by molar-refractivity contribution is -0.113. The molecule has 0 radical (unpaired) electrons. The smallest absolute Gasteiger partial charge is 0.268 e. The molecule has 1 heterocycles. The number of thioether (sulfide) groups is 1.